The Bertz CT molecular complexity index is 1430. The number of amides is 3. The van der Waals surface area contributed by atoms with E-state index in [0.29, 0.717) is 29.1 Å². The SMILES string of the molecule is CCCN1CCc2c(sc(NC(=O)c3ccc(S(=O)(=O)N(C4CCCCC4)C4CCCCC4)cc3)c2C(=O)NNC(C)=O)C1. The molecule has 0 atom stereocenters. The number of hydrazine groups is 1. The average Bonchev–Trinajstić information content (AvgIpc) is 3.38. The second kappa shape index (κ2) is 14.5. The summed E-state index contributed by atoms with van der Waals surface area (Å²) in [4.78, 5) is 41.6. The molecule has 3 amide bonds. The zero-order valence-electron chi connectivity index (χ0n) is 25.8. The predicted octanol–water partition coefficient (Wildman–Crippen LogP) is 5.21. The Labute approximate surface area is 265 Å². The average molecular weight is 644 g/mol. The summed E-state index contributed by atoms with van der Waals surface area (Å²) < 4.78 is 30.0. The second-order valence-corrected chi connectivity index (χ2v) is 15.2. The smallest absolute Gasteiger partial charge is 0.272 e. The van der Waals surface area contributed by atoms with Crippen molar-refractivity contribution in [1.82, 2.24) is 20.1 Å². The van der Waals surface area contributed by atoms with Crippen LogP contribution in [0, 0.1) is 0 Å². The number of sulfonamides is 1. The zero-order chi connectivity index (χ0) is 31.3. The molecule has 0 bridgehead atoms. The van der Waals surface area contributed by atoms with Gasteiger partial charge in [-0.15, -0.1) is 11.3 Å². The molecule has 0 radical (unpaired) electrons. The molecule has 2 aliphatic carbocycles. The van der Waals surface area contributed by atoms with Gasteiger partial charge in [0.1, 0.15) is 5.00 Å². The molecule has 3 aliphatic rings. The summed E-state index contributed by atoms with van der Waals surface area (Å²) in [6, 6.07) is 6.23. The molecule has 1 aromatic heterocycles. The Morgan fingerprint density at radius 3 is 2.09 bits per heavy atom. The summed E-state index contributed by atoms with van der Waals surface area (Å²) in [6.07, 6.45) is 11.8. The highest BCUT2D eigenvalue weighted by atomic mass is 32.2. The molecule has 3 N–H and O–H groups in total. The minimum Gasteiger partial charge on any atom is -0.313 e. The van der Waals surface area contributed by atoms with Gasteiger partial charge in [-0.05, 0) is 74.9 Å². The van der Waals surface area contributed by atoms with Crippen LogP contribution in [0.3, 0.4) is 0 Å². The van der Waals surface area contributed by atoms with Gasteiger partial charge in [-0.1, -0.05) is 45.4 Å². The third-order valence-electron chi connectivity index (χ3n) is 9.04. The van der Waals surface area contributed by atoms with Gasteiger partial charge in [0.15, 0.2) is 0 Å². The third-order valence-corrected chi connectivity index (χ3v) is 12.2. The molecule has 2 aromatic rings. The summed E-state index contributed by atoms with van der Waals surface area (Å²) in [5.74, 6) is -1.31. The normalized spacial score (nSPS) is 18.5. The van der Waals surface area contributed by atoms with E-state index in [4.69, 9.17) is 0 Å². The maximum absolute atomic E-state index is 14.1. The van der Waals surface area contributed by atoms with Crippen molar-refractivity contribution in [2.75, 3.05) is 18.4 Å². The van der Waals surface area contributed by atoms with Gasteiger partial charge < -0.3 is 5.32 Å². The lowest BCUT2D eigenvalue weighted by molar-refractivity contribution is -0.119. The number of carbonyl (C=O) groups excluding carboxylic acids is 3. The highest BCUT2D eigenvalue weighted by Gasteiger charge is 2.38. The zero-order valence-corrected chi connectivity index (χ0v) is 27.5. The lowest BCUT2D eigenvalue weighted by atomic mass is 9.91. The topological polar surface area (TPSA) is 128 Å². The van der Waals surface area contributed by atoms with Gasteiger partial charge in [0, 0.05) is 42.5 Å². The predicted molar refractivity (Wildman–Crippen MR) is 172 cm³/mol. The fraction of sp³-hybridized carbons (Fsp3) is 0.594. The number of hydrogen-bond acceptors (Lipinski definition) is 7. The highest BCUT2D eigenvalue weighted by molar-refractivity contribution is 7.89. The molecule has 0 unspecified atom stereocenters. The fourth-order valence-electron chi connectivity index (χ4n) is 6.94. The van der Waals surface area contributed by atoms with Crippen LogP contribution in [-0.4, -0.2) is 60.5 Å². The van der Waals surface area contributed by atoms with Crippen molar-refractivity contribution in [3.05, 3.63) is 45.8 Å². The maximum Gasteiger partial charge on any atom is 0.272 e. The van der Waals surface area contributed by atoms with Crippen LogP contribution >= 0.6 is 11.3 Å². The molecule has 240 valence electrons. The van der Waals surface area contributed by atoms with E-state index in [1.165, 1.54) is 30.4 Å². The maximum atomic E-state index is 14.1. The first-order valence-corrected chi connectivity index (χ1v) is 18.3. The molecule has 2 saturated carbocycles. The number of fused-ring (bicyclic) bond motifs is 1. The molecule has 44 heavy (non-hydrogen) atoms. The lowest BCUT2D eigenvalue weighted by Crippen LogP contribution is -2.48. The van der Waals surface area contributed by atoms with Gasteiger partial charge in [-0.3, -0.25) is 30.1 Å². The van der Waals surface area contributed by atoms with Crippen LogP contribution in [0.1, 0.15) is 116 Å². The van der Waals surface area contributed by atoms with Crippen LogP contribution < -0.4 is 16.2 Å². The highest BCUT2D eigenvalue weighted by Crippen LogP contribution is 2.38. The van der Waals surface area contributed by atoms with E-state index < -0.39 is 27.7 Å². The molecular weight excluding hydrogens is 599 g/mol. The first kappa shape index (κ1) is 32.6. The number of nitrogens with one attached hydrogen (secondary N) is 3. The first-order chi connectivity index (χ1) is 21.2. The summed E-state index contributed by atoms with van der Waals surface area (Å²) >= 11 is 1.37. The molecule has 1 aromatic carbocycles. The first-order valence-electron chi connectivity index (χ1n) is 16.1. The van der Waals surface area contributed by atoms with Gasteiger partial charge in [-0.2, -0.15) is 4.31 Å². The molecule has 1 aliphatic heterocycles. The van der Waals surface area contributed by atoms with Crippen LogP contribution in [0.4, 0.5) is 5.00 Å². The molecule has 0 saturated heterocycles. The third kappa shape index (κ3) is 7.35. The Hall–Kier alpha value is -2.80. The quantitative estimate of drug-likeness (QED) is 0.322. The van der Waals surface area contributed by atoms with Crippen molar-refractivity contribution in [2.24, 2.45) is 0 Å². The fourth-order valence-corrected chi connectivity index (χ4v) is 10.1. The Kier molecular flexibility index (Phi) is 10.8. The minimum absolute atomic E-state index is 0.0278. The van der Waals surface area contributed by atoms with Gasteiger partial charge in [0.05, 0.1) is 10.5 Å². The second-order valence-electron chi connectivity index (χ2n) is 12.3. The minimum atomic E-state index is -3.73. The van der Waals surface area contributed by atoms with E-state index in [9.17, 15) is 22.8 Å². The van der Waals surface area contributed by atoms with E-state index in [-0.39, 0.29) is 17.0 Å². The number of anilines is 1. The molecular formula is C32H45N5O5S2. The molecule has 2 fully saturated rings. The van der Waals surface area contributed by atoms with E-state index in [0.717, 1.165) is 94.2 Å². The Balaban J connectivity index is 1.37. The van der Waals surface area contributed by atoms with Crippen molar-refractivity contribution in [1.29, 1.82) is 0 Å². The summed E-state index contributed by atoms with van der Waals surface area (Å²) in [7, 11) is -3.73. The van der Waals surface area contributed by atoms with Gasteiger partial charge in [0.2, 0.25) is 15.9 Å². The van der Waals surface area contributed by atoms with Gasteiger partial charge in [-0.25, -0.2) is 8.42 Å². The molecule has 2 heterocycles. The standard InChI is InChI=1S/C32H45N5O5S2/c1-3-19-36-20-18-27-28(21-36)43-32(29(27)31(40)35-34-22(2)38)33-30(39)23-14-16-26(17-15-23)44(41,42)37(24-10-6-4-7-11-24)25-12-8-5-9-13-25/h14-17,24-25H,3-13,18-21H2,1-2H3,(H,33,39)(H,34,38)(H,35,40). The molecule has 10 nitrogen and oxygen atoms in total. The summed E-state index contributed by atoms with van der Waals surface area (Å²) in [6.45, 7) is 5.87. The lowest BCUT2D eigenvalue weighted by Gasteiger charge is -2.40. The van der Waals surface area contributed by atoms with Gasteiger partial charge in [0.25, 0.3) is 11.8 Å². The van der Waals surface area contributed by atoms with Crippen LogP contribution in [0.5, 0.6) is 0 Å². The Morgan fingerprint density at radius 2 is 1.52 bits per heavy atom. The Morgan fingerprint density at radius 1 is 0.909 bits per heavy atom. The van der Waals surface area contributed by atoms with Crippen molar-refractivity contribution in [2.45, 2.75) is 114 Å². The molecule has 5 rings (SSSR count). The largest absolute Gasteiger partial charge is 0.313 e. The number of nitrogens with zero attached hydrogens (tertiary/aromatic N) is 2. The van der Waals surface area contributed by atoms with Crippen molar-refractivity contribution in [3.63, 3.8) is 0 Å². The molecule has 0 spiro atoms. The van der Waals surface area contributed by atoms with Crippen LogP contribution in [0.15, 0.2) is 29.2 Å². The van der Waals surface area contributed by atoms with E-state index in [2.05, 4.69) is 28.0 Å². The molecule has 12 heteroatoms. The van der Waals surface area contributed by atoms with E-state index in [1.807, 2.05) is 4.31 Å². The van der Waals surface area contributed by atoms with Crippen LogP contribution in [0.2, 0.25) is 0 Å². The van der Waals surface area contributed by atoms with Crippen molar-refractivity contribution >= 4 is 44.1 Å². The number of thiophene rings is 1. The van der Waals surface area contributed by atoms with Crippen molar-refractivity contribution in [3.8, 4) is 0 Å². The summed E-state index contributed by atoms with van der Waals surface area (Å²) in [5.41, 5.74) is 6.33. The number of hydrogen-bond donors (Lipinski definition) is 3. The number of carbonyl (C=O) groups is 3. The van der Waals surface area contributed by atoms with E-state index in [1.54, 1.807) is 12.1 Å². The van der Waals surface area contributed by atoms with Crippen LogP contribution in [-0.2, 0) is 27.8 Å². The van der Waals surface area contributed by atoms with Crippen LogP contribution in [0.25, 0.3) is 0 Å². The van der Waals surface area contributed by atoms with Crippen molar-refractivity contribution < 1.29 is 22.8 Å². The van der Waals surface area contributed by atoms with E-state index >= 15 is 0 Å². The summed E-state index contributed by atoms with van der Waals surface area (Å²) in [5, 5.41) is 3.33. The van der Waals surface area contributed by atoms with Gasteiger partial charge >= 0.3 is 0 Å². The number of benzene rings is 1. The number of rotatable bonds is 9. The monoisotopic (exact) mass is 643 g/mol.